The van der Waals surface area contributed by atoms with Crippen LogP contribution >= 0.6 is 0 Å². The number of aromatic nitrogens is 3. The molecular formula is C24H23N5O4. The average Bonchev–Trinajstić information content (AvgIpc) is 3.53. The van der Waals surface area contributed by atoms with Crippen LogP contribution in [0.15, 0.2) is 55.0 Å². The molecule has 2 aliphatic rings. The Bertz CT molecular complexity index is 1320. The normalized spacial score (nSPS) is 15.1. The predicted octanol–water partition coefficient (Wildman–Crippen LogP) is 3.71. The van der Waals surface area contributed by atoms with E-state index in [1.54, 1.807) is 13.3 Å². The van der Waals surface area contributed by atoms with Gasteiger partial charge in [0.1, 0.15) is 5.75 Å². The molecule has 9 nitrogen and oxygen atoms in total. The van der Waals surface area contributed by atoms with Gasteiger partial charge in [0, 0.05) is 49.0 Å². The number of ether oxygens (including phenoxy) is 4. The van der Waals surface area contributed by atoms with Crippen LogP contribution in [0.5, 0.6) is 17.2 Å². The summed E-state index contributed by atoms with van der Waals surface area (Å²) < 4.78 is 24.1. The molecule has 2 aromatic heterocycles. The number of nitrogens with one attached hydrogen (secondary N) is 1. The number of hydrogen-bond donors (Lipinski definition) is 1. The van der Waals surface area contributed by atoms with E-state index >= 15 is 0 Å². The third kappa shape index (κ3) is 3.66. The first-order valence-electron chi connectivity index (χ1n) is 10.8. The Morgan fingerprint density at radius 3 is 2.79 bits per heavy atom. The van der Waals surface area contributed by atoms with Gasteiger partial charge in [-0.2, -0.15) is 0 Å². The van der Waals surface area contributed by atoms with Gasteiger partial charge in [0.2, 0.25) is 6.79 Å². The number of methoxy groups -OCH3 is 1. The fourth-order valence-corrected chi connectivity index (χ4v) is 4.17. The van der Waals surface area contributed by atoms with Crippen LogP contribution in [0.3, 0.4) is 0 Å². The van der Waals surface area contributed by atoms with Gasteiger partial charge in [-0.15, -0.1) is 0 Å². The summed E-state index contributed by atoms with van der Waals surface area (Å²) in [4.78, 5) is 11.6. The van der Waals surface area contributed by atoms with E-state index in [2.05, 4.69) is 21.3 Å². The van der Waals surface area contributed by atoms with Crippen LogP contribution < -0.4 is 24.4 Å². The van der Waals surface area contributed by atoms with Gasteiger partial charge < -0.3 is 33.6 Å². The largest absolute Gasteiger partial charge is 0.495 e. The van der Waals surface area contributed by atoms with E-state index in [-0.39, 0.29) is 6.79 Å². The van der Waals surface area contributed by atoms with E-state index in [1.807, 2.05) is 47.1 Å². The third-order valence-corrected chi connectivity index (χ3v) is 5.84. The van der Waals surface area contributed by atoms with Crippen molar-refractivity contribution in [1.82, 2.24) is 14.4 Å². The molecule has 4 aromatic rings. The summed E-state index contributed by atoms with van der Waals surface area (Å²) in [5.41, 5.74) is 4.37. The van der Waals surface area contributed by atoms with Gasteiger partial charge in [-0.25, -0.2) is 9.97 Å². The van der Waals surface area contributed by atoms with Gasteiger partial charge in [0.25, 0.3) is 0 Å². The van der Waals surface area contributed by atoms with Gasteiger partial charge in [0.05, 0.1) is 31.7 Å². The zero-order valence-electron chi connectivity index (χ0n) is 18.2. The Hall–Kier alpha value is -3.98. The highest BCUT2D eigenvalue weighted by Crippen LogP contribution is 2.37. The Kier molecular flexibility index (Phi) is 4.88. The van der Waals surface area contributed by atoms with Crippen molar-refractivity contribution in [2.75, 3.05) is 50.4 Å². The number of hydrogen-bond acceptors (Lipinski definition) is 8. The van der Waals surface area contributed by atoms with E-state index in [0.717, 1.165) is 71.8 Å². The molecule has 1 saturated heterocycles. The van der Waals surface area contributed by atoms with E-state index in [9.17, 15) is 0 Å². The summed E-state index contributed by atoms with van der Waals surface area (Å²) in [6, 6.07) is 11.9. The lowest BCUT2D eigenvalue weighted by molar-refractivity contribution is 0.122. The molecule has 2 aliphatic heterocycles. The van der Waals surface area contributed by atoms with Gasteiger partial charge in [-0.3, -0.25) is 0 Å². The van der Waals surface area contributed by atoms with Gasteiger partial charge in [-0.1, -0.05) is 0 Å². The van der Waals surface area contributed by atoms with Gasteiger partial charge in [0.15, 0.2) is 23.0 Å². The van der Waals surface area contributed by atoms with Crippen molar-refractivity contribution in [2.24, 2.45) is 0 Å². The van der Waals surface area contributed by atoms with Crippen molar-refractivity contribution < 1.29 is 18.9 Å². The molecule has 33 heavy (non-hydrogen) atoms. The Morgan fingerprint density at radius 2 is 1.91 bits per heavy atom. The molecule has 1 fully saturated rings. The average molecular weight is 445 g/mol. The van der Waals surface area contributed by atoms with Crippen molar-refractivity contribution >= 4 is 22.8 Å². The summed E-state index contributed by atoms with van der Waals surface area (Å²) in [5, 5.41) is 3.43. The standard InChI is InChI=1S/C24H23N5O4/c1-30-21-13-17(3-4-19(21)28-8-10-31-11-9-28)26-23-24-25-6-7-29(24)14-18(27-23)16-2-5-20-22(12-16)33-15-32-20/h2-7,12-14H,8-11,15H2,1H3,(H,26,27). The lowest BCUT2D eigenvalue weighted by atomic mass is 10.1. The Labute approximate surface area is 190 Å². The second kappa shape index (κ2) is 8.18. The number of fused-ring (bicyclic) bond motifs is 2. The maximum Gasteiger partial charge on any atom is 0.231 e. The maximum atomic E-state index is 5.70. The van der Waals surface area contributed by atoms with Crippen molar-refractivity contribution in [2.45, 2.75) is 0 Å². The third-order valence-electron chi connectivity index (χ3n) is 5.84. The zero-order chi connectivity index (χ0) is 22.2. The molecular weight excluding hydrogens is 422 g/mol. The van der Waals surface area contributed by atoms with Crippen LogP contribution in [0.1, 0.15) is 0 Å². The first kappa shape index (κ1) is 19.7. The highest BCUT2D eigenvalue weighted by Gasteiger charge is 2.18. The van der Waals surface area contributed by atoms with Crippen molar-refractivity contribution in [3.05, 3.63) is 55.0 Å². The molecule has 168 valence electrons. The van der Waals surface area contributed by atoms with Crippen LogP contribution in [-0.4, -0.2) is 54.6 Å². The molecule has 0 saturated carbocycles. The molecule has 9 heteroatoms. The van der Waals surface area contributed by atoms with Crippen LogP contribution in [0.25, 0.3) is 16.9 Å². The molecule has 6 rings (SSSR count). The summed E-state index contributed by atoms with van der Waals surface area (Å²) in [7, 11) is 1.69. The molecule has 0 spiro atoms. The minimum atomic E-state index is 0.238. The molecule has 0 radical (unpaired) electrons. The highest BCUT2D eigenvalue weighted by molar-refractivity contribution is 5.76. The molecule has 0 aliphatic carbocycles. The summed E-state index contributed by atoms with van der Waals surface area (Å²) >= 11 is 0. The predicted molar refractivity (Wildman–Crippen MR) is 124 cm³/mol. The molecule has 0 unspecified atom stereocenters. The van der Waals surface area contributed by atoms with Crippen molar-refractivity contribution in [1.29, 1.82) is 0 Å². The molecule has 1 N–H and O–H groups in total. The smallest absolute Gasteiger partial charge is 0.231 e. The monoisotopic (exact) mass is 445 g/mol. The van der Waals surface area contributed by atoms with E-state index in [4.69, 9.17) is 23.9 Å². The summed E-state index contributed by atoms with van der Waals surface area (Å²) in [6.07, 6.45) is 5.61. The SMILES string of the molecule is COc1cc(Nc2nc(-c3ccc4c(c3)OCO4)cn3ccnc23)ccc1N1CCOCC1. The van der Waals surface area contributed by atoms with E-state index < -0.39 is 0 Å². The van der Waals surface area contributed by atoms with Crippen LogP contribution in [0, 0.1) is 0 Å². The quantitative estimate of drug-likeness (QED) is 0.498. The summed E-state index contributed by atoms with van der Waals surface area (Å²) in [6.45, 7) is 3.37. The summed E-state index contributed by atoms with van der Waals surface area (Å²) in [5.74, 6) is 2.91. The topological polar surface area (TPSA) is 82.4 Å². The Morgan fingerprint density at radius 1 is 1.03 bits per heavy atom. The number of nitrogens with zero attached hydrogens (tertiary/aromatic N) is 4. The fourth-order valence-electron chi connectivity index (χ4n) is 4.17. The lowest BCUT2D eigenvalue weighted by Gasteiger charge is -2.30. The lowest BCUT2D eigenvalue weighted by Crippen LogP contribution is -2.36. The van der Waals surface area contributed by atoms with Crippen LogP contribution in [-0.2, 0) is 4.74 Å². The fraction of sp³-hybridized carbons (Fsp3) is 0.250. The van der Waals surface area contributed by atoms with E-state index in [1.165, 1.54) is 0 Å². The number of benzene rings is 2. The molecule has 0 atom stereocenters. The number of anilines is 3. The second-order valence-corrected chi connectivity index (χ2v) is 7.81. The Balaban J connectivity index is 1.35. The molecule has 0 bridgehead atoms. The highest BCUT2D eigenvalue weighted by atomic mass is 16.7. The molecule has 0 amide bonds. The molecule has 4 heterocycles. The van der Waals surface area contributed by atoms with Crippen LogP contribution in [0.2, 0.25) is 0 Å². The zero-order valence-corrected chi connectivity index (χ0v) is 18.2. The van der Waals surface area contributed by atoms with Crippen molar-refractivity contribution in [3.8, 4) is 28.5 Å². The number of rotatable bonds is 5. The minimum Gasteiger partial charge on any atom is -0.495 e. The minimum absolute atomic E-state index is 0.238. The molecule has 2 aromatic carbocycles. The van der Waals surface area contributed by atoms with E-state index in [0.29, 0.717) is 5.82 Å². The van der Waals surface area contributed by atoms with Crippen LogP contribution in [0.4, 0.5) is 17.2 Å². The maximum absolute atomic E-state index is 5.70. The first-order chi connectivity index (χ1) is 16.3. The van der Waals surface area contributed by atoms with Gasteiger partial charge in [-0.05, 0) is 30.3 Å². The number of morpholine rings is 1. The number of imidazole rings is 1. The second-order valence-electron chi connectivity index (χ2n) is 7.81. The van der Waals surface area contributed by atoms with Gasteiger partial charge >= 0.3 is 0 Å². The first-order valence-corrected chi connectivity index (χ1v) is 10.8. The van der Waals surface area contributed by atoms with Crippen molar-refractivity contribution in [3.63, 3.8) is 0 Å².